The van der Waals surface area contributed by atoms with Crippen LogP contribution in [0.4, 0.5) is 5.69 Å². The molecule has 1 aromatic rings. The van der Waals surface area contributed by atoms with Crippen molar-refractivity contribution in [2.75, 3.05) is 25.0 Å². The van der Waals surface area contributed by atoms with Gasteiger partial charge in [-0.25, -0.2) is 0 Å². The molecule has 0 saturated carbocycles. The van der Waals surface area contributed by atoms with E-state index in [0.717, 1.165) is 24.3 Å². The molecule has 0 aromatic heterocycles. The van der Waals surface area contributed by atoms with Crippen LogP contribution in [0, 0.1) is 6.92 Å². The standard InChI is InChI=1S/C13H20N2O2/c1-4-15(5-2)13(17)9-14-11-6-7-12(16)10(3)8-11/h6-8,14,16H,4-5,9H2,1-3H3. The number of carbonyl (C=O) groups is 1. The molecule has 0 aliphatic heterocycles. The number of likely N-dealkylation sites (N-methyl/N-ethyl adjacent to an activating group) is 1. The first-order valence-electron chi connectivity index (χ1n) is 5.89. The summed E-state index contributed by atoms with van der Waals surface area (Å²) in [5.41, 5.74) is 1.64. The summed E-state index contributed by atoms with van der Waals surface area (Å²) >= 11 is 0. The molecule has 2 N–H and O–H groups in total. The minimum atomic E-state index is 0.0840. The molecule has 4 heteroatoms. The zero-order chi connectivity index (χ0) is 12.8. The summed E-state index contributed by atoms with van der Waals surface area (Å²) in [7, 11) is 0. The van der Waals surface area contributed by atoms with Crippen molar-refractivity contribution in [2.45, 2.75) is 20.8 Å². The lowest BCUT2D eigenvalue weighted by Crippen LogP contribution is -2.35. The van der Waals surface area contributed by atoms with Gasteiger partial charge in [-0.3, -0.25) is 4.79 Å². The summed E-state index contributed by atoms with van der Waals surface area (Å²) < 4.78 is 0. The Morgan fingerprint density at radius 3 is 2.53 bits per heavy atom. The Kier molecular flexibility index (Phi) is 4.82. The van der Waals surface area contributed by atoms with E-state index in [1.165, 1.54) is 0 Å². The second kappa shape index (κ2) is 6.13. The maximum Gasteiger partial charge on any atom is 0.241 e. The number of phenols is 1. The highest BCUT2D eigenvalue weighted by Crippen LogP contribution is 2.19. The number of nitrogens with zero attached hydrogens (tertiary/aromatic N) is 1. The van der Waals surface area contributed by atoms with Crippen LogP contribution in [-0.2, 0) is 4.79 Å². The van der Waals surface area contributed by atoms with Crippen LogP contribution in [0.2, 0.25) is 0 Å². The number of phenolic OH excluding ortho intramolecular Hbond substituents is 1. The van der Waals surface area contributed by atoms with Crippen LogP contribution >= 0.6 is 0 Å². The molecule has 0 aliphatic carbocycles. The molecule has 4 nitrogen and oxygen atoms in total. The van der Waals surface area contributed by atoms with Crippen molar-refractivity contribution < 1.29 is 9.90 Å². The van der Waals surface area contributed by atoms with E-state index in [1.807, 2.05) is 26.8 Å². The van der Waals surface area contributed by atoms with Gasteiger partial charge in [0, 0.05) is 18.8 Å². The van der Waals surface area contributed by atoms with Gasteiger partial charge in [0.25, 0.3) is 0 Å². The van der Waals surface area contributed by atoms with E-state index in [0.29, 0.717) is 0 Å². The SMILES string of the molecule is CCN(CC)C(=O)CNc1ccc(O)c(C)c1. The number of aromatic hydroxyl groups is 1. The van der Waals surface area contributed by atoms with E-state index < -0.39 is 0 Å². The summed E-state index contributed by atoms with van der Waals surface area (Å²) in [4.78, 5) is 13.5. The van der Waals surface area contributed by atoms with Gasteiger partial charge in [-0.1, -0.05) is 0 Å². The van der Waals surface area contributed by atoms with Crippen molar-refractivity contribution in [3.05, 3.63) is 23.8 Å². The molecule has 1 aromatic carbocycles. The maximum absolute atomic E-state index is 11.7. The van der Waals surface area contributed by atoms with Crippen molar-refractivity contribution in [2.24, 2.45) is 0 Å². The van der Waals surface area contributed by atoms with Crippen LogP contribution in [0.5, 0.6) is 5.75 Å². The van der Waals surface area contributed by atoms with Crippen molar-refractivity contribution in [3.63, 3.8) is 0 Å². The highest BCUT2D eigenvalue weighted by molar-refractivity contribution is 5.80. The largest absolute Gasteiger partial charge is 0.508 e. The van der Waals surface area contributed by atoms with E-state index in [9.17, 15) is 9.90 Å². The number of amides is 1. The lowest BCUT2D eigenvalue weighted by atomic mass is 10.2. The number of hydrogen-bond donors (Lipinski definition) is 2. The Morgan fingerprint density at radius 1 is 1.35 bits per heavy atom. The average Bonchev–Trinajstić information content (AvgIpc) is 2.32. The van der Waals surface area contributed by atoms with Crippen LogP contribution < -0.4 is 5.32 Å². The molecule has 0 saturated heterocycles. The lowest BCUT2D eigenvalue weighted by molar-refractivity contribution is -0.128. The maximum atomic E-state index is 11.7. The molecule has 1 amide bonds. The van der Waals surface area contributed by atoms with Gasteiger partial charge in [0.1, 0.15) is 5.75 Å². The van der Waals surface area contributed by atoms with Crippen molar-refractivity contribution in [1.82, 2.24) is 4.90 Å². The number of nitrogens with one attached hydrogen (secondary N) is 1. The van der Waals surface area contributed by atoms with Crippen molar-refractivity contribution in [3.8, 4) is 5.75 Å². The Labute approximate surface area is 102 Å². The zero-order valence-electron chi connectivity index (χ0n) is 10.7. The number of hydrogen-bond acceptors (Lipinski definition) is 3. The van der Waals surface area contributed by atoms with Gasteiger partial charge in [-0.05, 0) is 44.5 Å². The molecule has 0 unspecified atom stereocenters. The third kappa shape index (κ3) is 3.66. The van der Waals surface area contributed by atoms with Gasteiger partial charge in [0.05, 0.1) is 6.54 Å². The van der Waals surface area contributed by atoms with Crippen molar-refractivity contribution in [1.29, 1.82) is 0 Å². The van der Waals surface area contributed by atoms with Gasteiger partial charge in [0.2, 0.25) is 5.91 Å². The quantitative estimate of drug-likeness (QED) is 0.769. The normalized spacial score (nSPS) is 10.1. The lowest BCUT2D eigenvalue weighted by Gasteiger charge is -2.19. The average molecular weight is 236 g/mol. The Balaban J connectivity index is 2.55. The topological polar surface area (TPSA) is 52.6 Å². The molecule has 94 valence electrons. The van der Waals surface area contributed by atoms with Crippen LogP contribution in [0.3, 0.4) is 0 Å². The second-order valence-electron chi connectivity index (χ2n) is 3.92. The van der Waals surface area contributed by atoms with Crippen LogP contribution in [0.15, 0.2) is 18.2 Å². The number of rotatable bonds is 5. The fourth-order valence-corrected chi connectivity index (χ4v) is 1.63. The van der Waals surface area contributed by atoms with E-state index in [-0.39, 0.29) is 18.2 Å². The molecule has 0 bridgehead atoms. The van der Waals surface area contributed by atoms with Crippen LogP contribution in [0.25, 0.3) is 0 Å². The summed E-state index contributed by atoms with van der Waals surface area (Å²) in [6.45, 7) is 7.49. The molecule has 1 rings (SSSR count). The number of aryl methyl sites for hydroxylation is 1. The van der Waals surface area contributed by atoms with Gasteiger partial charge in [-0.2, -0.15) is 0 Å². The third-order valence-corrected chi connectivity index (χ3v) is 2.76. The van der Waals surface area contributed by atoms with Gasteiger partial charge in [0.15, 0.2) is 0 Å². The number of benzene rings is 1. The zero-order valence-corrected chi connectivity index (χ0v) is 10.7. The van der Waals surface area contributed by atoms with Gasteiger partial charge >= 0.3 is 0 Å². The molecule has 0 fully saturated rings. The predicted octanol–water partition coefficient (Wildman–Crippen LogP) is 1.98. The van der Waals surface area contributed by atoms with Gasteiger partial charge in [-0.15, -0.1) is 0 Å². The van der Waals surface area contributed by atoms with Crippen LogP contribution in [-0.4, -0.2) is 35.5 Å². The van der Waals surface area contributed by atoms with E-state index in [2.05, 4.69) is 5.32 Å². The van der Waals surface area contributed by atoms with E-state index in [1.54, 1.807) is 17.0 Å². The first-order chi connectivity index (χ1) is 8.08. The van der Waals surface area contributed by atoms with Crippen LogP contribution in [0.1, 0.15) is 19.4 Å². The Bertz CT molecular complexity index is 387. The molecular formula is C13H20N2O2. The fraction of sp³-hybridized carbons (Fsp3) is 0.462. The summed E-state index contributed by atoms with van der Waals surface area (Å²) in [6.07, 6.45) is 0. The van der Waals surface area contributed by atoms with E-state index in [4.69, 9.17) is 0 Å². The molecule has 0 radical (unpaired) electrons. The smallest absolute Gasteiger partial charge is 0.241 e. The molecule has 0 aliphatic rings. The molecule has 17 heavy (non-hydrogen) atoms. The Hall–Kier alpha value is -1.71. The summed E-state index contributed by atoms with van der Waals surface area (Å²) in [6, 6.07) is 5.21. The van der Waals surface area contributed by atoms with Gasteiger partial charge < -0.3 is 15.3 Å². The minimum Gasteiger partial charge on any atom is -0.508 e. The highest BCUT2D eigenvalue weighted by atomic mass is 16.3. The highest BCUT2D eigenvalue weighted by Gasteiger charge is 2.08. The first-order valence-corrected chi connectivity index (χ1v) is 5.89. The minimum absolute atomic E-state index is 0.0840. The van der Waals surface area contributed by atoms with E-state index >= 15 is 0 Å². The predicted molar refractivity (Wildman–Crippen MR) is 69.3 cm³/mol. The summed E-state index contributed by atoms with van der Waals surface area (Å²) in [5.74, 6) is 0.353. The molecule has 0 heterocycles. The molecular weight excluding hydrogens is 216 g/mol. The monoisotopic (exact) mass is 236 g/mol. The fourth-order valence-electron chi connectivity index (χ4n) is 1.63. The first kappa shape index (κ1) is 13.4. The number of anilines is 1. The number of carbonyl (C=O) groups excluding carboxylic acids is 1. The van der Waals surface area contributed by atoms with Crippen molar-refractivity contribution >= 4 is 11.6 Å². The third-order valence-electron chi connectivity index (χ3n) is 2.76. The second-order valence-corrected chi connectivity index (χ2v) is 3.92. The molecule has 0 spiro atoms. The molecule has 0 atom stereocenters. The Morgan fingerprint density at radius 2 is 2.00 bits per heavy atom. The summed E-state index contributed by atoms with van der Waals surface area (Å²) in [5, 5.41) is 12.4.